The highest BCUT2D eigenvalue weighted by Gasteiger charge is 2.22. The van der Waals surface area contributed by atoms with Crippen molar-refractivity contribution in [2.75, 3.05) is 12.4 Å². The number of fused-ring (bicyclic) bond motifs is 1. The minimum absolute atomic E-state index is 0.0181. The number of aromatic nitrogens is 1. The molecule has 0 unspecified atom stereocenters. The Labute approximate surface area is 157 Å². The highest BCUT2D eigenvalue weighted by molar-refractivity contribution is 6.31. The van der Waals surface area contributed by atoms with Gasteiger partial charge in [-0.2, -0.15) is 0 Å². The van der Waals surface area contributed by atoms with Crippen molar-refractivity contribution in [3.05, 3.63) is 67.3 Å². The molecule has 0 saturated heterocycles. The van der Waals surface area contributed by atoms with Gasteiger partial charge in [0, 0.05) is 16.8 Å². The van der Waals surface area contributed by atoms with E-state index in [0.717, 1.165) is 6.07 Å². The van der Waals surface area contributed by atoms with Crippen LogP contribution in [0, 0.1) is 10.1 Å². The third-order valence-corrected chi connectivity index (χ3v) is 4.18. The molecule has 2 aromatic carbocycles. The molecule has 0 atom stereocenters. The van der Waals surface area contributed by atoms with Gasteiger partial charge < -0.3 is 15.0 Å². The van der Waals surface area contributed by atoms with E-state index in [1.165, 1.54) is 20.1 Å². The van der Waals surface area contributed by atoms with Crippen LogP contribution in [-0.2, 0) is 0 Å². The van der Waals surface area contributed by atoms with Crippen LogP contribution in [0.4, 0.5) is 17.2 Å². The molecule has 0 amide bonds. The first kappa shape index (κ1) is 18.4. The van der Waals surface area contributed by atoms with Crippen molar-refractivity contribution in [1.29, 1.82) is 0 Å². The standard InChI is InChI=1S/C18H14ClN3O5/c1-9(23)15-17(24)13-7-10(19)8-14(22(25)26)16(13)21-18(15)20-11-3-5-12(27-2)6-4-11/h3-8H,1-2H3,(H2,20,21,24). The number of H-pyrrole nitrogens is 1. The van der Waals surface area contributed by atoms with E-state index in [1.807, 2.05) is 0 Å². The predicted octanol–water partition coefficient (Wildman–Crippen LogP) is 4.04. The van der Waals surface area contributed by atoms with E-state index in [9.17, 15) is 19.7 Å². The van der Waals surface area contributed by atoms with Crippen molar-refractivity contribution >= 4 is 45.5 Å². The number of nitro benzene ring substituents is 1. The highest BCUT2D eigenvalue weighted by atomic mass is 35.5. The van der Waals surface area contributed by atoms with E-state index in [-0.39, 0.29) is 33.0 Å². The monoisotopic (exact) mass is 387 g/mol. The van der Waals surface area contributed by atoms with Crippen LogP contribution in [0.25, 0.3) is 10.9 Å². The van der Waals surface area contributed by atoms with Crippen molar-refractivity contribution in [3.63, 3.8) is 0 Å². The molecular formula is C18H14ClN3O5. The van der Waals surface area contributed by atoms with Gasteiger partial charge in [-0.1, -0.05) is 11.6 Å². The molecule has 0 aliphatic rings. The topological polar surface area (TPSA) is 114 Å². The molecular weight excluding hydrogens is 374 g/mol. The number of carbonyl (C=O) groups is 1. The van der Waals surface area contributed by atoms with Gasteiger partial charge in [-0.25, -0.2) is 0 Å². The van der Waals surface area contributed by atoms with Crippen molar-refractivity contribution in [3.8, 4) is 5.75 Å². The van der Waals surface area contributed by atoms with Crippen molar-refractivity contribution < 1.29 is 14.5 Å². The third kappa shape index (κ3) is 3.47. The first-order chi connectivity index (χ1) is 12.8. The van der Waals surface area contributed by atoms with E-state index in [4.69, 9.17) is 16.3 Å². The second-order valence-corrected chi connectivity index (χ2v) is 6.15. The summed E-state index contributed by atoms with van der Waals surface area (Å²) in [5.74, 6) is 0.206. The lowest BCUT2D eigenvalue weighted by atomic mass is 10.1. The molecule has 1 aromatic heterocycles. The minimum Gasteiger partial charge on any atom is -0.497 e. The van der Waals surface area contributed by atoms with Crippen LogP contribution < -0.4 is 15.5 Å². The Balaban J connectivity index is 2.26. The number of hydrogen-bond donors (Lipinski definition) is 2. The molecule has 0 fully saturated rings. The molecule has 0 spiro atoms. The van der Waals surface area contributed by atoms with Crippen LogP contribution in [-0.4, -0.2) is 22.8 Å². The van der Waals surface area contributed by atoms with E-state index >= 15 is 0 Å². The number of methoxy groups -OCH3 is 1. The van der Waals surface area contributed by atoms with Gasteiger partial charge in [-0.15, -0.1) is 0 Å². The lowest BCUT2D eigenvalue weighted by Crippen LogP contribution is -2.18. The fourth-order valence-electron chi connectivity index (χ4n) is 2.73. The first-order valence-corrected chi connectivity index (χ1v) is 8.15. The number of carbonyl (C=O) groups excluding carboxylic acids is 1. The average Bonchev–Trinajstić information content (AvgIpc) is 2.62. The summed E-state index contributed by atoms with van der Waals surface area (Å²) in [6.45, 7) is 1.24. The summed E-state index contributed by atoms with van der Waals surface area (Å²) < 4.78 is 5.08. The van der Waals surface area contributed by atoms with Gasteiger partial charge in [0.2, 0.25) is 5.43 Å². The third-order valence-electron chi connectivity index (χ3n) is 3.96. The van der Waals surface area contributed by atoms with Crippen molar-refractivity contribution in [2.45, 2.75) is 6.92 Å². The molecule has 8 nitrogen and oxygen atoms in total. The summed E-state index contributed by atoms with van der Waals surface area (Å²) in [5.41, 5.74) is -0.601. The molecule has 27 heavy (non-hydrogen) atoms. The lowest BCUT2D eigenvalue weighted by molar-refractivity contribution is -0.383. The van der Waals surface area contributed by atoms with Gasteiger partial charge in [0.15, 0.2) is 5.78 Å². The SMILES string of the molecule is COc1ccc(Nc2[nH]c3c([N+](=O)[O-])cc(Cl)cc3c(=O)c2C(C)=O)cc1. The number of benzene rings is 2. The molecule has 0 aliphatic carbocycles. The number of Topliss-reactive ketones (excluding diaryl/α,β-unsaturated/α-hetero) is 1. The Hall–Kier alpha value is -3.39. The number of nitro groups is 1. The van der Waals surface area contributed by atoms with Gasteiger partial charge >= 0.3 is 0 Å². The fraction of sp³-hybridized carbons (Fsp3) is 0.111. The summed E-state index contributed by atoms with van der Waals surface area (Å²) in [6, 6.07) is 9.19. The summed E-state index contributed by atoms with van der Waals surface area (Å²) in [6.07, 6.45) is 0. The number of halogens is 1. The van der Waals surface area contributed by atoms with Crippen LogP contribution in [0.1, 0.15) is 17.3 Å². The van der Waals surface area contributed by atoms with E-state index in [1.54, 1.807) is 24.3 Å². The number of anilines is 2. The molecule has 3 aromatic rings. The average molecular weight is 388 g/mol. The van der Waals surface area contributed by atoms with E-state index < -0.39 is 16.1 Å². The zero-order valence-electron chi connectivity index (χ0n) is 14.3. The lowest BCUT2D eigenvalue weighted by Gasteiger charge is -2.12. The van der Waals surface area contributed by atoms with E-state index in [0.29, 0.717) is 11.4 Å². The largest absolute Gasteiger partial charge is 0.497 e. The fourth-order valence-corrected chi connectivity index (χ4v) is 2.94. The van der Waals surface area contributed by atoms with Crippen LogP contribution in [0.5, 0.6) is 5.75 Å². The van der Waals surface area contributed by atoms with Crippen molar-refractivity contribution in [1.82, 2.24) is 4.98 Å². The van der Waals surface area contributed by atoms with Crippen LogP contribution in [0.15, 0.2) is 41.2 Å². The molecule has 3 rings (SSSR count). The second-order valence-electron chi connectivity index (χ2n) is 5.72. The highest BCUT2D eigenvalue weighted by Crippen LogP contribution is 2.30. The zero-order valence-corrected chi connectivity index (χ0v) is 15.1. The number of ether oxygens (including phenoxy) is 1. The second kappa shape index (κ2) is 7.08. The number of pyridine rings is 1. The Morgan fingerprint density at radius 1 is 1.26 bits per heavy atom. The van der Waals surface area contributed by atoms with Crippen LogP contribution in [0.3, 0.4) is 0 Å². The van der Waals surface area contributed by atoms with Gasteiger partial charge in [0.1, 0.15) is 22.6 Å². The first-order valence-electron chi connectivity index (χ1n) is 7.77. The molecule has 0 aliphatic heterocycles. The number of nitrogens with one attached hydrogen (secondary N) is 2. The molecule has 0 bridgehead atoms. The Bertz CT molecular complexity index is 1120. The minimum atomic E-state index is -0.644. The van der Waals surface area contributed by atoms with Gasteiger partial charge in [0.05, 0.1) is 17.4 Å². The smallest absolute Gasteiger partial charge is 0.294 e. The summed E-state index contributed by atoms with van der Waals surface area (Å²) >= 11 is 5.90. The maximum absolute atomic E-state index is 12.8. The van der Waals surface area contributed by atoms with Gasteiger partial charge in [-0.05, 0) is 37.3 Å². The Morgan fingerprint density at radius 2 is 1.93 bits per heavy atom. The predicted molar refractivity (Wildman–Crippen MR) is 103 cm³/mol. The zero-order chi connectivity index (χ0) is 19.7. The number of non-ortho nitro benzene ring substituents is 1. The van der Waals surface area contributed by atoms with Gasteiger partial charge in [-0.3, -0.25) is 19.7 Å². The molecule has 9 heteroatoms. The summed E-state index contributed by atoms with van der Waals surface area (Å²) in [5, 5.41) is 14.3. The number of ketones is 1. The number of hydrogen-bond acceptors (Lipinski definition) is 6. The van der Waals surface area contributed by atoms with Crippen LogP contribution in [0.2, 0.25) is 5.02 Å². The number of rotatable bonds is 5. The number of aromatic amines is 1. The van der Waals surface area contributed by atoms with Gasteiger partial charge in [0.25, 0.3) is 5.69 Å². The number of nitrogens with zero attached hydrogens (tertiary/aromatic N) is 1. The normalized spacial score (nSPS) is 10.6. The van der Waals surface area contributed by atoms with Crippen molar-refractivity contribution in [2.24, 2.45) is 0 Å². The molecule has 1 heterocycles. The molecule has 2 N–H and O–H groups in total. The summed E-state index contributed by atoms with van der Waals surface area (Å²) in [7, 11) is 1.53. The summed E-state index contributed by atoms with van der Waals surface area (Å²) in [4.78, 5) is 38.4. The molecule has 0 radical (unpaired) electrons. The Kier molecular flexibility index (Phi) is 4.83. The molecule has 138 valence electrons. The maximum Gasteiger partial charge on any atom is 0.294 e. The maximum atomic E-state index is 12.8. The Morgan fingerprint density at radius 3 is 2.48 bits per heavy atom. The van der Waals surface area contributed by atoms with E-state index in [2.05, 4.69) is 10.3 Å². The van der Waals surface area contributed by atoms with Crippen LogP contribution >= 0.6 is 11.6 Å². The molecule has 0 saturated carbocycles. The quantitative estimate of drug-likeness (QED) is 0.388.